The van der Waals surface area contributed by atoms with Crippen LogP contribution >= 0.6 is 54.5 Å². The lowest BCUT2D eigenvalue weighted by atomic mass is 10.2. The average Bonchev–Trinajstić information content (AvgIpc) is 2.86. The van der Waals surface area contributed by atoms with E-state index in [9.17, 15) is 0 Å². The Morgan fingerprint density at radius 3 is 2.32 bits per heavy atom. The van der Waals surface area contributed by atoms with E-state index in [2.05, 4.69) is 114 Å². The average molecular weight is 527 g/mol. The Labute approximate surface area is 158 Å². The third-order valence-electron chi connectivity index (χ3n) is 3.80. The van der Waals surface area contributed by atoms with Gasteiger partial charge in [-0.15, -0.1) is 0 Å². The summed E-state index contributed by atoms with van der Waals surface area (Å²) in [5.41, 5.74) is 3.64. The molecule has 0 radical (unpaired) electrons. The molecule has 0 aliphatic carbocycles. The Balaban J connectivity index is 2.28. The van der Waals surface area contributed by atoms with Crippen molar-refractivity contribution in [3.05, 3.63) is 73.2 Å². The molecule has 0 aliphatic heterocycles. The van der Waals surface area contributed by atoms with Gasteiger partial charge in [0.1, 0.15) is 0 Å². The molecule has 0 aliphatic rings. The van der Waals surface area contributed by atoms with E-state index in [4.69, 9.17) is 0 Å². The Morgan fingerprint density at radius 1 is 0.818 bits per heavy atom. The second kappa shape index (κ2) is 5.65. The molecule has 0 atom stereocenters. The largest absolute Gasteiger partial charge is 0.308 e. The summed E-state index contributed by atoms with van der Waals surface area (Å²) in [4.78, 5) is 0. The molecular formula is C18H10Br2IN. The van der Waals surface area contributed by atoms with Gasteiger partial charge < -0.3 is 4.57 Å². The van der Waals surface area contributed by atoms with Gasteiger partial charge in [-0.3, -0.25) is 0 Å². The maximum Gasteiger partial charge on any atom is 0.0686 e. The number of halogens is 3. The van der Waals surface area contributed by atoms with Gasteiger partial charge in [-0.2, -0.15) is 0 Å². The highest BCUT2D eigenvalue weighted by atomic mass is 127. The summed E-state index contributed by atoms with van der Waals surface area (Å²) in [6.45, 7) is 0. The second-order valence-electron chi connectivity index (χ2n) is 5.09. The molecule has 1 heterocycles. The molecule has 0 fully saturated rings. The van der Waals surface area contributed by atoms with E-state index in [1.807, 2.05) is 6.07 Å². The summed E-state index contributed by atoms with van der Waals surface area (Å²) < 4.78 is 5.78. The SMILES string of the molecule is Brc1ccc2c3ccc(Br)c(I)c3n(-c3ccccc3)c2c1. The van der Waals surface area contributed by atoms with E-state index >= 15 is 0 Å². The van der Waals surface area contributed by atoms with Gasteiger partial charge in [0.25, 0.3) is 0 Å². The van der Waals surface area contributed by atoms with Gasteiger partial charge in [-0.1, -0.05) is 46.3 Å². The Hall–Kier alpha value is -0.850. The van der Waals surface area contributed by atoms with Crippen LogP contribution in [-0.2, 0) is 0 Å². The molecule has 0 N–H and O–H groups in total. The Kier molecular flexibility index (Phi) is 3.78. The van der Waals surface area contributed by atoms with E-state index in [1.165, 1.54) is 31.1 Å². The minimum Gasteiger partial charge on any atom is -0.308 e. The van der Waals surface area contributed by atoms with Crippen LogP contribution in [0.3, 0.4) is 0 Å². The van der Waals surface area contributed by atoms with E-state index in [-0.39, 0.29) is 0 Å². The summed E-state index contributed by atoms with van der Waals surface area (Å²) in [6, 6.07) is 21.3. The predicted octanol–water partition coefficient (Wildman–Crippen LogP) is 6.91. The van der Waals surface area contributed by atoms with Crippen molar-refractivity contribution in [3.63, 3.8) is 0 Å². The molecule has 0 spiro atoms. The highest BCUT2D eigenvalue weighted by Gasteiger charge is 2.16. The van der Waals surface area contributed by atoms with Crippen molar-refractivity contribution >= 4 is 76.3 Å². The van der Waals surface area contributed by atoms with E-state index in [1.54, 1.807) is 0 Å². The normalized spacial score (nSPS) is 11.4. The number of benzene rings is 3. The first-order valence-electron chi connectivity index (χ1n) is 6.80. The maximum absolute atomic E-state index is 3.66. The molecule has 4 heteroatoms. The van der Waals surface area contributed by atoms with Crippen molar-refractivity contribution in [2.24, 2.45) is 0 Å². The minimum atomic E-state index is 1.09. The molecule has 1 nitrogen and oxygen atoms in total. The van der Waals surface area contributed by atoms with Crippen molar-refractivity contribution < 1.29 is 0 Å². The quantitative estimate of drug-likeness (QED) is 0.237. The fraction of sp³-hybridized carbons (Fsp3) is 0. The molecule has 4 rings (SSSR count). The van der Waals surface area contributed by atoms with Crippen molar-refractivity contribution in [2.75, 3.05) is 0 Å². The molecule has 0 bridgehead atoms. The fourth-order valence-electron chi connectivity index (χ4n) is 2.86. The van der Waals surface area contributed by atoms with Crippen LogP contribution in [0.15, 0.2) is 69.6 Å². The smallest absolute Gasteiger partial charge is 0.0686 e. The first-order valence-corrected chi connectivity index (χ1v) is 9.46. The van der Waals surface area contributed by atoms with Gasteiger partial charge in [0.05, 0.1) is 14.6 Å². The molecule has 1 aromatic heterocycles. The van der Waals surface area contributed by atoms with Crippen LogP contribution in [0.5, 0.6) is 0 Å². The second-order valence-corrected chi connectivity index (χ2v) is 7.94. The van der Waals surface area contributed by atoms with E-state index < -0.39 is 0 Å². The first-order chi connectivity index (χ1) is 10.7. The summed E-state index contributed by atoms with van der Waals surface area (Å²) in [5.74, 6) is 0. The van der Waals surface area contributed by atoms with E-state index in [0.717, 1.165) is 8.95 Å². The number of hydrogen-bond donors (Lipinski definition) is 0. The first kappa shape index (κ1) is 14.7. The molecule has 108 valence electrons. The highest BCUT2D eigenvalue weighted by Crippen LogP contribution is 2.38. The molecular weight excluding hydrogens is 517 g/mol. The van der Waals surface area contributed by atoms with Crippen LogP contribution in [0.25, 0.3) is 27.5 Å². The topological polar surface area (TPSA) is 4.93 Å². The number of nitrogens with zero attached hydrogens (tertiary/aromatic N) is 1. The van der Waals surface area contributed by atoms with Crippen LogP contribution < -0.4 is 0 Å². The molecule has 0 saturated carbocycles. The fourth-order valence-corrected chi connectivity index (χ4v) is 4.24. The highest BCUT2D eigenvalue weighted by molar-refractivity contribution is 14.1. The number of aromatic nitrogens is 1. The maximum atomic E-state index is 3.66. The number of hydrogen-bond acceptors (Lipinski definition) is 0. The van der Waals surface area contributed by atoms with Crippen molar-refractivity contribution in [1.82, 2.24) is 4.57 Å². The molecule has 4 aromatic rings. The monoisotopic (exact) mass is 525 g/mol. The van der Waals surface area contributed by atoms with Gasteiger partial charge in [-0.05, 0) is 68.9 Å². The molecule has 22 heavy (non-hydrogen) atoms. The van der Waals surface area contributed by atoms with Crippen molar-refractivity contribution in [2.45, 2.75) is 0 Å². The van der Waals surface area contributed by atoms with Crippen LogP contribution in [0.1, 0.15) is 0 Å². The van der Waals surface area contributed by atoms with Crippen LogP contribution in [0, 0.1) is 3.57 Å². The Bertz CT molecular complexity index is 1010. The summed E-state index contributed by atoms with van der Waals surface area (Å²) >= 11 is 9.69. The van der Waals surface area contributed by atoms with Crippen LogP contribution in [-0.4, -0.2) is 4.57 Å². The summed E-state index contributed by atoms with van der Waals surface area (Å²) in [5, 5.41) is 2.55. The van der Waals surface area contributed by atoms with Gasteiger partial charge in [-0.25, -0.2) is 0 Å². The summed E-state index contributed by atoms with van der Waals surface area (Å²) in [7, 11) is 0. The molecule has 0 amide bonds. The van der Waals surface area contributed by atoms with Crippen molar-refractivity contribution in [1.29, 1.82) is 0 Å². The van der Waals surface area contributed by atoms with Crippen LogP contribution in [0.2, 0.25) is 0 Å². The van der Waals surface area contributed by atoms with Gasteiger partial charge >= 0.3 is 0 Å². The third kappa shape index (κ3) is 2.23. The predicted molar refractivity (Wildman–Crippen MR) is 109 cm³/mol. The molecule has 0 saturated heterocycles. The van der Waals surface area contributed by atoms with Gasteiger partial charge in [0, 0.05) is 25.4 Å². The summed E-state index contributed by atoms with van der Waals surface area (Å²) in [6.07, 6.45) is 0. The van der Waals surface area contributed by atoms with Gasteiger partial charge in [0.15, 0.2) is 0 Å². The lowest BCUT2D eigenvalue weighted by Crippen LogP contribution is -1.95. The van der Waals surface area contributed by atoms with E-state index in [0.29, 0.717) is 0 Å². The number of para-hydroxylation sites is 1. The lowest BCUT2D eigenvalue weighted by Gasteiger charge is -2.09. The molecule has 3 aromatic carbocycles. The van der Waals surface area contributed by atoms with Gasteiger partial charge in [0.2, 0.25) is 0 Å². The standard InChI is InChI=1S/C18H10Br2IN/c19-11-6-7-13-14-8-9-15(20)17(21)18(14)22(16(13)10-11)12-4-2-1-3-5-12/h1-10H. The van der Waals surface area contributed by atoms with Crippen LogP contribution in [0.4, 0.5) is 0 Å². The third-order valence-corrected chi connectivity index (χ3v) is 6.79. The Morgan fingerprint density at radius 2 is 1.55 bits per heavy atom. The number of rotatable bonds is 1. The molecule has 0 unspecified atom stereocenters. The zero-order chi connectivity index (χ0) is 15.3. The minimum absolute atomic E-state index is 1.09. The number of fused-ring (bicyclic) bond motifs is 3. The zero-order valence-electron chi connectivity index (χ0n) is 11.4. The van der Waals surface area contributed by atoms with Crippen molar-refractivity contribution in [3.8, 4) is 5.69 Å². The lowest BCUT2D eigenvalue weighted by molar-refractivity contribution is 1.17. The zero-order valence-corrected chi connectivity index (χ0v) is 16.7.